The Morgan fingerprint density at radius 1 is 0.889 bits per heavy atom. The van der Waals surface area contributed by atoms with Crippen molar-refractivity contribution in [3.63, 3.8) is 0 Å². The van der Waals surface area contributed by atoms with E-state index in [4.69, 9.17) is 21.1 Å². The van der Waals surface area contributed by atoms with Crippen LogP contribution in [-0.2, 0) is 14.3 Å². The van der Waals surface area contributed by atoms with Crippen molar-refractivity contribution in [3.8, 4) is 5.75 Å². The summed E-state index contributed by atoms with van der Waals surface area (Å²) in [7, 11) is 1.47. The van der Waals surface area contributed by atoms with Gasteiger partial charge >= 0.3 is 12.0 Å². The SMILES string of the molecule is CCCCCCCCCCCCOC(=O)c1ccc(Cl)c(NC(=O)C(C(=O)c2ccc(OC)cc2)N2C(=O)NC(C)(C)C2=O)c1. The number of hydrogen-bond acceptors (Lipinski definition) is 7. The summed E-state index contributed by atoms with van der Waals surface area (Å²) < 4.78 is 10.6. The molecule has 1 aliphatic heterocycles. The molecule has 10 nitrogen and oxygen atoms in total. The summed E-state index contributed by atoms with van der Waals surface area (Å²) >= 11 is 6.34. The Hall–Kier alpha value is -3.92. The van der Waals surface area contributed by atoms with Crippen LogP contribution < -0.4 is 15.4 Å². The number of nitrogens with zero attached hydrogens (tertiary/aromatic N) is 1. The highest BCUT2D eigenvalue weighted by atomic mass is 35.5. The zero-order valence-electron chi connectivity index (χ0n) is 26.6. The lowest BCUT2D eigenvalue weighted by Crippen LogP contribution is -2.53. The van der Waals surface area contributed by atoms with Gasteiger partial charge in [0.25, 0.3) is 11.8 Å². The smallest absolute Gasteiger partial charge is 0.338 e. The molecule has 3 rings (SSSR count). The first-order valence-corrected chi connectivity index (χ1v) is 16.0. The number of ketones is 1. The van der Waals surface area contributed by atoms with Crippen LogP contribution in [0, 0.1) is 0 Å². The van der Waals surface area contributed by atoms with E-state index in [1.54, 1.807) is 0 Å². The second-order valence-electron chi connectivity index (χ2n) is 11.7. The van der Waals surface area contributed by atoms with E-state index in [0.717, 1.165) is 19.3 Å². The van der Waals surface area contributed by atoms with Gasteiger partial charge in [0, 0.05) is 5.56 Å². The Balaban J connectivity index is 1.66. The van der Waals surface area contributed by atoms with E-state index >= 15 is 0 Å². The highest BCUT2D eigenvalue weighted by Crippen LogP contribution is 2.27. The van der Waals surface area contributed by atoms with Crippen molar-refractivity contribution >= 4 is 46.9 Å². The number of urea groups is 1. The van der Waals surface area contributed by atoms with Crippen molar-refractivity contribution in [1.82, 2.24) is 10.2 Å². The number of amides is 4. The van der Waals surface area contributed by atoms with E-state index < -0.39 is 41.2 Å². The number of halogens is 1. The molecule has 1 fully saturated rings. The predicted molar refractivity (Wildman–Crippen MR) is 173 cm³/mol. The number of carbonyl (C=O) groups is 5. The summed E-state index contributed by atoms with van der Waals surface area (Å²) in [6.45, 7) is 5.42. The van der Waals surface area contributed by atoms with Crippen molar-refractivity contribution in [2.75, 3.05) is 19.0 Å². The number of hydrogen-bond donors (Lipinski definition) is 2. The standard InChI is InChI=1S/C34H44ClN3O7/c1-5-6-7-8-9-10-11-12-13-14-21-45-31(41)24-17-20-26(35)27(22-24)36-30(40)28(38-32(42)34(2,3)37-33(38)43)29(39)23-15-18-25(44-4)19-16-23/h15-20,22,28H,5-14,21H2,1-4H3,(H,36,40)(H,37,43). The van der Waals surface area contributed by atoms with Crippen LogP contribution in [0.2, 0.25) is 5.02 Å². The molecule has 2 N–H and O–H groups in total. The zero-order chi connectivity index (χ0) is 33.0. The van der Waals surface area contributed by atoms with Crippen molar-refractivity contribution in [3.05, 3.63) is 58.6 Å². The highest BCUT2D eigenvalue weighted by Gasteiger charge is 2.51. The molecule has 4 amide bonds. The lowest BCUT2D eigenvalue weighted by molar-refractivity contribution is -0.134. The minimum absolute atomic E-state index is 0.0221. The molecule has 45 heavy (non-hydrogen) atoms. The molecule has 1 unspecified atom stereocenters. The molecule has 244 valence electrons. The minimum atomic E-state index is -1.85. The van der Waals surface area contributed by atoms with Crippen LogP contribution in [0.3, 0.4) is 0 Å². The summed E-state index contributed by atoms with van der Waals surface area (Å²) in [5.74, 6) is -2.62. The van der Waals surface area contributed by atoms with E-state index in [0.29, 0.717) is 10.6 Å². The minimum Gasteiger partial charge on any atom is -0.497 e. The number of unbranched alkanes of at least 4 members (excludes halogenated alkanes) is 9. The van der Waals surface area contributed by atoms with Gasteiger partial charge in [-0.25, -0.2) is 14.5 Å². The lowest BCUT2D eigenvalue weighted by Gasteiger charge is -2.25. The maximum atomic E-state index is 13.7. The zero-order valence-corrected chi connectivity index (χ0v) is 27.3. The van der Waals surface area contributed by atoms with Gasteiger partial charge in [-0.2, -0.15) is 0 Å². The molecule has 0 aliphatic carbocycles. The largest absolute Gasteiger partial charge is 0.497 e. The second-order valence-corrected chi connectivity index (χ2v) is 12.1. The third-order valence-corrected chi connectivity index (χ3v) is 8.04. The fraction of sp³-hybridized carbons (Fsp3) is 0.500. The van der Waals surface area contributed by atoms with E-state index in [-0.39, 0.29) is 28.4 Å². The van der Waals surface area contributed by atoms with Crippen LogP contribution in [0.15, 0.2) is 42.5 Å². The number of methoxy groups -OCH3 is 1. The van der Waals surface area contributed by atoms with Gasteiger partial charge in [-0.05, 0) is 62.7 Å². The first-order valence-electron chi connectivity index (χ1n) is 15.6. The van der Waals surface area contributed by atoms with Gasteiger partial charge < -0.3 is 20.1 Å². The molecule has 0 saturated carbocycles. The molecule has 2 aromatic rings. The number of Topliss-reactive ketones (excluding diaryl/α,β-unsaturated/α-hetero) is 1. The first-order chi connectivity index (χ1) is 21.5. The molecule has 1 heterocycles. The van der Waals surface area contributed by atoms with Crippen LogP contribution in [0.25, 0.3) is 0 Å². The summed E-state index contributed by atoms with van der Waals surface area (Å²) in [5, 5.41) is 5.12. The van der Waals surface area contributed by atoms with E-state index in [1.165, 1.54) is 108 Å². The second kappa shape index (κ2) is 17.0. The molecule has 1 saturated heterocycles. The molecular formula is C34H44ClN3O7. The first kappa shape index (κ1) is 35.6. The van der Waals surface area contributed by atoms with Crippen molar-refractivity contribution in [1.29, 1.82) is 0 Å². The summed E-state index contributed by atoms with van der Waals surface area (Å²) in [4.78, 5) is 66.6. The van der Waals surface area contributed by atoms with Gasteiger partial charge in [0.1, 0.15) is 11.3 Å². The van der Waals surface area contributed by atoms with Gasteiger partial charge in [-0.15, -0.1) is 0 Å². The number of anilines is 1. The maximum Gasteiger partial charge on any atom is 0.338 e. The molecule has 2 aromatic carbocycles. The van der Waals surface area contributed by atoms with Crippen LogP contribution in [0.5, 0.6) is 5.75 Å². The number of benzene rings is 2. The average Bonchev–Trinajstić information content (AvgIpc) is 3.22. The third kappa shape index (κ3) is 9.78. The lowest BCUT2D eigenvalue weighted by atomic mass is 10.00. The Labute approximate surface area is 270 Å². The fourth-order valence-corrected chi connectivity index (χ4v) is 5.23. The van der Waals surface area contributed by atoms with Crippen LogP contribution in [-0.4, -0.2) is 59.8 Å². The number of carbonyl (C=O) groups excluding carboxylic acids is 5. The van der Waals surface area contributed by atoms with Gasteiger partial charge in [0.2, 0.25) is 0 Å². The Morgan fingerprint density at radius 3 is 2.02 bits per heavy atom. The predicted octanol–water partition coefficient (Wildman–Crippen LogP) is 6.95. The molecule has 1 atom stereocenters. The van der Waals surface area contributed by atoms with Crippen LogP contribution in [0.1, 0.15) is 106 Å². The van der Waals surface area contributed by atoms with Gasteiger partial charge in [0.05, 0.1) is 30.0 Å². The molecule has 11 heteroatoms. The topological polar surface area (TPSA) is 131 Å². The molecule has 0 aromatic heterocycles. The van der Waals surface area contributed by atoms with Gasteiger partial charge in [-0.1, -0.05) is 76.3 Å². The number of rotatable bonds is 18. The molecule has 0 radical (unpaired) electrons. The third-order valence-electron chi connectivity index (χ3n) is 7.71. The number of nitrogens with one attached hydrogen (secondary N) is 2. The molecular weight excluding hydrogens is 598 g/mol. The normalized spacial score (nSPS) is 14.6. The Bertz CT molecular complexity index is 1360. The van der Waals surface area contributed by atoms with Crippen molar-refractivity contribution in [2.24, 2.45) is 0 Å². The summed E-state index contributed by atoms with van der Waals surface area (Å²) in [5.41, 5.74) is -1.08. The van der Waals surface area contributed by atoms with Crippen molar-refractivity contribution in [2.45, 2.75) is 96.6 Å². The number of ether oxygens (including phenoxy) is 2. The molecule has 0 spiro atoms. The monoisotopic (exact) mass is 641 g/mol. The Kier molecular flexibility index (Phi) is 13.4. The fourth-order valence-electron chi connectivity index (χ4n) is 5.06. The van der Waals surface area contributed by atoms with Crippen LogP contribution in [0.4, 0.5) is 10.5 Å². The summed E-state index contributed by atoms with van der Waals surface area (Å²) in [6.07, 6.45) is 11.6. The number of esters is 1. The van der Waals surface area contributed by atoms with Crippen LogP contribution >= 0.6 is 11.6 Å². The van der Waals surface area contributed by atoms with E-state index in [2.05, 4.69) is 17.6 Å². The Morgan fingerprint density at radius 2 is 1.47 bits per heavy atom. The quantitative estimate of drug-likeness (QED) is 0.0592. The molecule has 1 aliphatic rings. The van der Waals surface area contributed by atoms with Crippen molar-refractivity contribution < 1.29 is 33.4 Å². The average molecular weight is 642 g/mol. The highest BCUT2D eigenvalue weighted by molar-refractivity contribution is 6.34. The maximum absolute atomic E-state index is 13.7. The van der Waals surface area contributed by atoms with Gasteiger partial charge in [-0.3, -0.25) is 14.4 Å². The summed E-state index contributed by atoms with van der Waals surface area (Å²) in [6, 6.07) is 7.42. The molecule has 0 bridgehead atoms. The van der Waals surface area contributed by atoms with E-state index in [1.807, 2.05) is 0 Å². The number of imide groups is 1. The van der Waals surface area contributed by atoms with Gasteiger partial charge in [0.15, 0.2) is 11.8 Å². The van der Waals surface area contributed by atoms with E-state index in [9.17, 15) is 24.0 Å².